The van der Waals surface area contributed by atoms with Gasteiger partial charge in [-0.25, -0.2) is 12.8 Å². The Morgan fingerprint density at radius 1 is 0.915 bits per heavy atom. The number of methoxy groups -OCH3 is 1. The number of aryl methyl sites for hydroxylation is 1. The molecule has 0 aromatic heterocycles. The first-order valence-corrected chi connectivity index (χ1v) is 17.4. The highest BCUT2D eigenvalue weighted by atomic mass is 79.9. The summed E-state index contributed by atoms with van der Waals surface area (Å²) in [7, 11) is -2.82. The maximum atomic E-state index is 14.5. The average Bonchev–Trinajstić information content (AvgIpc) is 3.05. The van der Waals surface area contributed by atoms with E-state index >= 15 is 0 Å². The van der Waals surface area contributed by atoms with Gasteiger partial charge in [-0.15, -0.1) is 0 Å². The molecule has 0 saturated carbocycles. The zero-order valence-electron chi connectivity index (χ0n) is 26.8. The van der Waals surface area contributed by atoms with Gasteiger partial charge >= 0.3 is 0 Å². The first-order chi connectivity index (χ1) is 22.4. The number of amides is 2. The zero-order valence-corrected chi connectivity index (χ0v) is 29.2. The molecular formula is C36H39BrFN3O5S. The van der Waals surface area contributed by atoms with Crippen LogP contribution < -0.4 is 14.4 Å². The van der Waals surface area contributed by atoms with Crippen LogP contribution in [0.5, 0.6) is 5.75 Å². The Morgan fingerprint density at radius 3 is 2.17 bits per heavy atom. The normalized spacial score (nSPS) is 12.0. The van der Waals surface area contributed by atoms with E-state index in [9.17, 15) is 22.4 Å². The highest BCUT2D eigenvalue weighted by molar-refractivity contribution is 9.10. The second-order valence-corrected chi connectivity index (χ2v) is 14.4. The minimum absolute atomic E-state index is 0.0540. The van der Waals surface area contributed by atoms with E-state index in [4.69, 9.17) is 4.74 Å². The molecule has 4 aromatic carbocycles. The Balaban J connectivity index is 1.80. The topological polar surface area (TPSA) is 96.0 Å². The van der Waals surface area contributed by atoms with E-state index in [-0.39, 0.29) is 35.4 Å². The SMILES string of the molecule is COc1ccc(S(=O)(=O)N(CC(=O)N(Cc2ccc(F)cc2)C(Cc2ccccc2)C(=O)NCC(C)C)c2ccc(C)cc2)cc1Br. The smallest absolute Gasteiger partial charge is 0.264 e. The predicted octanol–water partition coefficient (Wildman–Crippen LogP) is 6.51. The van der Waals surface area contributed by atoms with Gasteiger partial charge in [-0.3, -0.25) is 13.9 Å². The molecule has 1 atom stereocenters. The summed E-state index contributed by atoms with van der Waals surface area (Å²) in [5.41, 5.74) is 2.59. The van der Waals surface area contributed by atoms with Crippen molar-refractivity contribution in [3.63, 3.8) is 0 Å². The van der Waals surface area contributed by atoms with E-state index < -0.39 is 34.3 Å². The Labute approximate surface area is 284 Å². The summed E-state index contributed by atoms with van der Waals surface area (Å²) >= 11 is 3.37. The zero-order chi connectivity index (χ0) is 34.1. The maximum Gasteiger partial charge on any atom is 0.264 e. The van der Waals surface area contributed by atoms with Crippen molar-refractivity contribution in [1.29, 1.82) is 0 Å². The van der Waals surface area contributed by atoms with Crippen LogP contribution in [0.25, 0.3) is 0 Å². The molecule has 0 heterocycles. The number of carbonyl (C=O) groups is 2. The van der Waals surface area contributed by atoms with E-state index in [0.29, 0.717) is 22.3 Å². The molecule has 0 fully saturated rings. The lowest BCUT2D eigenvalue weighted by Gasteiger charge is -2.34. The summed E-state index contributed by atoms with van der Waals surface area (Å²) in [6.45, 7) is 5.55. The van der Waals surface area contributed by atoms with E-state index in [1.807, 2.05) is 51.1 Å². The molecule has 1 unspecified atom stereocenters. The third-order valence-electron chi connectivity index (χ3n) is 7.53. The Morgan fingerprint density at radius 2 is 1.57 bits per heavy atom. The van der Waals surface area contributed by atoms with Crippen molar-refractivity contribution in [1.82, 2.24) is 10.2 Å². The molecule has 1 N–H and O–H groups in total. The summed E-state index contributed by atoms with van der Waals surface area (Å²) in [5.74, 6) is -0.815. The number of benzene rings is 4. The number of nitrogens with zero attached hydrogens (tertiary/aromatic N) is 2. The molecule has 248 valence electrons. The Hall–Kier alpha value is -4.22. The maximum absolute atomic E-state index is 14.5. The Bertz CT molecular complexity index is 1770. The molecule has 0 aliphatic rings. The molecular weight excluding hydrogens is 685 g/mol. The fraction of sp³-hybridized carbons (Fsp3) is 0.278. The van der Waals surface area contributed by atoms with Crippen molar-refractivity contribution in [3.05, 3.63) is 124 Å². The van der Waals surface area contributed by atoms with Crippen LogP contribution in [-0.4, -0.2) is 51.4 Å². The van der Waals surface area contributed by atoms with Crippen LogP contribution in [0.3, 0.4) is 0 Å². The van der Waals surface area contributed by atoms with Crippen LogP contribution >= 0.6 is 15.9 Å². The van der Waals surface area contributed by atoms with Crippen molar-refractivity contribution >= 4 is 43.5 Å². The number of halogens is 2. The number of carbonyl (C=O) groups excluding carboxylic acids is 2. The van der Waals surface area contributed by atoms with Gasteiger partial charge in [0, 0.05) is 19.5 Å². The fourth-order valence-electron chi connectivity index (χ4n) is 4.94. The van der Waals surface area contributed by atoms with Gasteiger partial charge in [-0.2, -0.15) is 0 Å². The van der Waals surface area contributed by atoms with E-state index in [2.05, 4.69) is 21.2 Å². The third kappa shape index (κ3) is 9.42. The number of hydrogen-bond acceptors (Lipinski definition) is 5. The predicted molar refractivity (Wildman–Crippen MR) is 185 cm³/mol. The molecule has 0 aliphatic heterocycles. The van der Waals surface area contributed by atoms with Crippen molar-refractivity contribution in [2.75, 3.05) is 24.5 Å². The monoisotopic (exact) mass is 723 g/mol. The fourth-order valence-corrected chi connectivity index (χ4v) is 7.07. The summed E-state index contributed by atoms with van der Waals surface area (Å²) in [5, 5.41) is 2.96. The van der Waals surface area contributed by atoms with Crippen LogP contribution in [0.1, 0.15) is 30.5 Å². The Kier molecular flexibility index (Phi) is 12.2. The lowest BCUT2D eigenvalue weighted by Crippen LogP contribution is -2.53. The molecule has 47 heavy (non-hydrogen) atoms. The molecule has 4 aromatic rings. The molecule has 8 nitrogen and oxygen atoms in total. The van der Waals surface area contributed by atoms with Gasteiger partial charge in [-0.05, 0) is 82.4 Å². The van der Waals surface area contributed by atoms with Gasteiger partial charge in [0.05, 0.1) is 22.2 Å². The van der Waals surface area contributed by atoms with Crippen molar-refractivity contribution in [2.45, 2.75) is 44.7 Å². The van der Waals surface area contributed by atoms with Gasteiger partial charge < -0.3 is 15.0 Å². The highest BCUT2D eigenvalue weighted by Gasteiger charge is 2.35. The van der Waals surface area contributed by atoms with Crippen LogP contribution in [0.2, 0.25) is 0 Å². The number of anilines is 1. The average molecular weight is 725 g/mol. The lowest BCUT2D eigenvalue weighted by molar-refractivity contribution is -0.140. The van der Waals surface area contributed by atoms with E-state index in [0.717, 1.165) is 15.4 Å². The summed E-state index contributed by atoms with van der Waals surface area (Å²) in [4.78, 5) is 29.7. The summed E-state index contributed by atoms with van der Waals surface area (Å²) in [6.07, 6.45) is 0.181. The second kappa shape index (κ2) is 16.1. The minimum atomic E-state index is -4.30. The molecule has 4 rings (SSSR count). The van der Waals surface area contributed by atoms with Gasteiger partial charge in [0.25, 0.3) is 10.0 Å². The van der Waals surface area contributed by atoms with Gasteiger partial charge in [0.15, 0.2) is 0 Å². The molecule has 11 heteroatoms. The highest BCUT2D eigenvalue weighted by Crippen LogP contribution is 2.31. The first-order valence-electron chi connectivity index (χ1n) is 15.2. The lowest BCUT2D eigenvalue weighted by atomic mass is 10.0. The quantitative estimate of drug-likeness (QED) is 0.160. The van der Waals surface area contributed by atoms with Crippen molar-refractivity contribution in [2.24, 2.45) is 5.92 Å². The van der Waals surface area contributed by atoms with Gasteiger partial charge in [0.2, 0.25) is 11.8 Å². The van der Waals surface area contributed by atoms with Crippen LogP contribution in [0.4, 0.5) is 10.1 Å². The van der Waals surface area contributed by atoms with Gasteiger partial charge in [0.1, 0.15) is 24.2 Å². The number of ether oxygens (including phenoxy) is 1. The van der Waals surface area contributed by atoms with E-state index in [1.165, 1.54) is 42.3 Å². The standard InChI is InChI=1S/C36H39BrFN3O5S/c1-25(2)22-39-36(43)33(20-27-8-6-5-7-9-27)40(23-28-12-14-29(38)15-13-28)35(42)24-41(30-16-10-26(3)11-17-30)47(44,45)31-18-19-34(46-4)32(37)21-31/h5-19,21,25,33H,20,22-24H2,1-4H3,(H,39,43). The van der Waals surface area contributed by atoms with E-state index in [1.54, 1.807) is 36.4 Å². The molecule has 2 amide bonds. The summed E-state index contributed by atoms with van der Waals surface area (Å²) in [6, 6.07) is 25.1. The van der Waals surface area contributed by atoms with Crippen LogP contribution in [0.15, 0.2) is 106 Å². The number of sulfonamides is 1. The first kappa shape index (κ1) is 35.6. The molecule has 0 radical (unpaired) electrons. The number of rotatable bonds is 14. The molecule has 0 spiro atoms. The van der Waals surface area contributed by atoms with Crippen LogP contribution in [-0.2, 0) is 32.6 Å². The van der Waals surface area contributed by atoms with Crippen LogP contribution in [0, 0.1) is 18.7 Å². The van der Waals surface area contributed by atoms with Crippen molar-refractivity contribution < 1.29 is 27.1 Å². The molecule has 0 aliphatic carbocycles. The summed E-state index contributed by atoms with van der Waals surface area (Å²) < 4.78 is 49.2. The molecule has 0 bridgehead atoms. The second-order valence-electron chi connectivity index (χ2n) is 11.6. The number of hydrogen-bond donors (Lipinski definition) is 1. The van der Waals surface area contributed by atoms with Crippen molar-refractivity contribution in [3.8, 4) is 5.75 Å². The molecule has 0 saturated heterocycles. The minimum Gasteiger partial charge on any atom is -0.496 e. The largest absolute Gasteiger partial charge is 0.496 e. The van der Waals surface area contributed by atoms with Gasteiger partial charge in [-0.1, -0.05) is 74.0 Å². The third-order valence-corrected chi connectivity index (χ3v) is 9.92. The number of nitrogens with one attached hydrogen (secondary N) is 1.